The Labute approximate surface area is 199 Å². The molecule has 3 atom stereocenters. The van der Waals surface area contributed by atoms with E-state index in [0.29, 0.717) is 25.5 Å². The van der Waals surface area contributed by atoms with Crippen LogP contribution in [0.15, 0.2) is 54.6 Å². The molecule has 2 amide bonds. The van der Waals surface area contributed by atoms with Crippen molar-refractivity contribution >= 4 is 34.4 Å². The molecule has 2 aromatic carbocycles. The Morgan fingerprint density at radius 3 is 2.29 bits per heavy atom. The summed E-state index contributed by atoms with van der Waals surface area (Å²) >= 11 is 2.14. The van der Waals surface area contributed by atoms with Gasteiger partial charge < -0.3 is 15.4 Å². The van der Waals surface area contributed by atoms with Gasteiger partial charge >= 0.3 is 0 Å². The molecule has 2 aromatic rings. The van der Waals surface area contributed by atoms with Crippen molar-refractivity contribution in [1.29, 1.82) is 0 Å². The zero-order valence-corrected chi connectivity index (χ0v) is 20.7. The average molecular weight is 536 g/mol. The van der Waals surface area contributed by atoms with Crippen LogP contribution in [0.5, 0.6) is 5.75 Å². The van der Waals surface area contributed by atoms with Gasteiger partial charge in [-0.3, -0.25) is 9.59 Å². The molecule has 0 fully saturated rings. The largest absolute Gasteiger partial charge is 0.493 e. The first-order valence-electron chi connectivity index (χ1n) is 10.9. The van der Waals surface area contributed by atoms with Gasteiger partial charge in [0.2, 0.25) is 11.8 Å². The Kier molecular flexibility index (Phi) is 10.8. The third kappa shape index (κ3) is 8.51. The minimum absolute atomic E-state index is 0.0433. The summed E-state index contributed by atoms with van der Waals surface area (Å²) in [6, 6.07) is 17.1. The molecule has 0 aliphatic heterocycles. The first-order valence-corrected chi connectivity index (χ1v) is 12.2. The molecule has 0 bridgehead atoms. The third-order valence-corrected chi connectivity index (χ3v) is 6.35. The van der Waals surface area contributed by atoms with Crippen molar-refractivity contribution in [2.75, 3.05) is 13.2 Å². The number of nitrogens with one attached hydrogen (secondary N) is 2. The Bertz CT molecular complexity index is 811. The van der Waals surface area contributed by atoms with Crippen molar-refractivity contribution in [2.45, 2.75) is 50.0 Å². The first kappa shape index (κ1) is 25.2. The van der Waals surface area contributed by atoms with Crippen LogP contribution in [0, 0.1) is 5.92 Å². The molecular formula is C25H33IN2O3. The maximum atomic E-state index is 12.9. The summed E-state index contributed by atoms with van der Waals surface area (Å²) < 4.78 is 5.58. The SMILES string of the molecule is CCCC(C)COc1ccc([C@H](CNC(=O)CC)NC(=O)C(I)c2ccccc2)cc1. The fourth-order valence-corrected chi connectivity index (χ4v) is 3.82. The lowest BCUT2D eigenvalue weighted by atomic mass is 10.1. The van der Waals surface area contributed by atoms with Gasteiger partial charge in [0.25, 0.3) is 0 Å². The second-order valence-corrected chi connectivity index (χ2v) is 9.01. The van der Waals surface area contributed by atoms with E-state index in [4.69, 9.17) is 4.74 Å². The van der Waals surface area contributed by atoms with Crippen molar-refractivity contribution in [1.82, 2.24) is 10.6 Å². The van der Waals surface area contributed by atoms with Crippen LogP contribution in [-0.4, -0.2) is 25.0 Å². The zero-order chi connectivity index (χ0) is 22.6. The fraction of sp³-hybridized carbons (Fsp3) is 0.440. The van der Waals surface area contributed by atoms with Crippen molar-refractivity contribution < 1.29 is 14.3 Å². The van der Waals surface area contributed by atoms with Gasteiger partial charge in [-0.25, -0.2) is 0 Å². The van der Waals surface area contributed by atoms with Crippen LogP contribution in [0.2, 0.25) is 0 Å². The van der Waals surface area contributed by atoms with E-state index < -0.39 is 0 Å². The van der Waals surface area contributed by atoms with E-state index in [1.165, 1.54) is 0 Å². The number of amides is 2. The van der Waals surface area contributed by atoms with E-state index in [0.717, 1.165) is 29.7 Å². The predicted molar refractivity (Wildman–Crippen MR) is 133 cm³/mol. The lowest BCUT2D eigenvalue weighted by Crippen LogP contribution is -2.38. The minimum Gasteiger partial charge on any atom is -0.493 e. The molecule has 0 aliphatic rings. The average Bonchev–Trinajstić information content (AvgIpc) is 2.80. The van der Waals surface area contributed by atoms with Crippen LogP contribution in [0.3, 0.4) is 0 Å². The smallest absolute Gasteiger partial charge is 0.238 e. The second kappa shape index (κ2) is 13.3. The molecule has 0 radical (unpaired) electrons. The van der Waals surface area contributed by atoms with Gasteiger partial charge in [0.05, 0.1) is 12.6 Å². The summed E-state index contributed by atoms with van der Waals surface area (Å²) in [5.41, 5.74) is 1.87. The quantitative estimate of drug-likeness (QED) is 0.284. The number of rotatable bonds is 12. The van der Waals surface area contributed by atoms with Gasteiger partial charge in [-0.15, -0.1) is 0 Å². The summed E-state index contributed by atoms with van der Waals surface area (Å²) in [6.45, 7) is 7.20. The van der Waals surface area contributed by atoms with Crippen LogP contribution >= 0.6 is 22.6 Å². The molecular weight excluding hydrogens is 503 g/mol. The van der Waals surface area contributed by atoms with E-state index in [1.54, 1.807) is 0 Å². The highest BCUT2D eigenvalue weighted by Gasteiger charge is 2.22. The first-order chi connectivity index (χ1) is 14.9. The van der Waals surface area contributed by atoms with Crippen LogP contribution < -0.4 is 15.4 Å². The van der Waals surface area contributed by atoms with E-state index in [1.807, 2.05) is 61.5 Å². The highest BCUT2D eigenvalue weighted by Crippen LogP contribution is 2.25. The van der Waals surface area contributed by atoms with Crippen LogP contribution in [0.25, 0.3) is 0 Å². The molecule has 0 saturated heterocycles. The number of hydrogen-bond donors (Lipinski definition) is 2. The van der Waals surface area contributed by atoms with E-state index in [9.17, 15) is 9.59 Å². The molecule has 168 valence electrons. The standard InChI is InChI=1S/C25H33IN2O3/c1-4-9-18(3)17-31-21-14-12-19(13-15-21)22(16-27-23(29)5-2)28-25(30)24(26)20-10-7-6-8-11-20/h6-8,10-15,18,22,24H,4-5,9,16-17H2,1-3H3,(H,27,29)(H,28,30)/t18?,22-,24?/m0/s1. The van der Waals surface area contributed by atoms with E-state index >= 15 is 0 Å². The monoisotopic (exact) mass is 536 g/mol. The minimum atomic E-state index is -0.322. The molecule has 2 unspecified atom stereocenters. The molecule has 5 nitrogen and oxygen atoms in total. The molecule has 6 heteroatoms. The Morgan fingerprint density at radius 1 is 1.00 bits per heavy atom. The van der Waals surface area contributed by atoms with Crippen LogP contribution in [0.4, 0.5) is 0 Å². The van der Waals surface area contributed by atoms with Crippen LogP contribution in [0.1, 0.15) is 61.1 Å². The number of carbonyl (C=O) groups is 2. The number of benzene rings is 2. The number of hydrogen-bond acceptors (Lipinski definition) is 3. The van der Waals surface area contributed by atoms with Gasteiger partial charge in [0, 0.05) is 13.0 Å². The van der Waals surface area contributed by atoms with Crippen LogP contribution in [-0.2, 0) is 9.59 Å². The van der Waals surface area contributed by atoms with Crippen molar-refractivity contribution in [2.24, 2.45) is 5.92 Å². The summed E-state index contributed by atoms with van der Waals surface area (Å²) in [5.74, 6) is 1.19. The maximum absolute atomic E-state index is 12.9. The van der Waals surface area contributed by atoms with Gasteiger partial charge in [-0.1, -0.05) is 92.2 Å². The molecule has 2 rings (SSSR count). The second-order valence-electron chi connectivity index (χ2n) is 7.77. The molecule has 0 heterocycles. The maximum Gasteiger partial charge on any atom is 0.238 e. The number of ether oxygens (including phenoxy) is 1. The highest BCUT2D eigenvalue weighted by atomic mass is 127. The highest BCUT2D eigenvalue weighted by molar-refractivity contribution is 14.1. The summed E-state index contributed by atoms with van der Waals surface area (Å²) in [7, 11) is 0. The van der Waals surface area contributed by atoms with Gasteiger partial charge in [0.1, 0.15) is 9.67 Å². The molecule has 0 aliphatic carbocycles. The molecule has 2 N–H and O–H groups in total. The van der Waals surface area contributed by atoms with Crippen molar-refractivity contribution in [3.8, 4) is 5.75 Å². The Balaban J connectivity index is 2.08. The number of alkyl halides is 1. The zero-order valence-electron chi connectivity index (χ0n) is 18.6. The Hall–Kier alpha value is -2.09. The topological polar surface area (TPSA) is 67.4 Å². The summed E-state index contributed by atoms with van der Waals surface area (Å²) in [6.07, 6.45) is 2.69. The van der Waals surface area contributed by atoms with Gasteiger partial charge in [-0.05, 0) is 35.6 Å². The molecule has 31 heavy (non-hydrogen) atoms. The third-order valence-electron chi connectivity index (χ3n) is 5.06. The number of halogens is 1. The molecule has 0 saturated carbocycles. The van der Waals surface area contributed by atoms with E-state index in [2.05, 4.69) is 47.1 Å². The van der Waals surface area contributed by atoms with Gasteiger partial charge in [0.15, 0.2) is 0 Å². The summed E-state index contributed by atoms with van der Waals surface area (Å²) in [4.78, 5) is 24.7. The van der Waals surface area contributed by atoms with Crippen molar-refractivity contribution in [3.05, 3.63) is 65.7 Å². The van der Waals surface area contributed by atoms with E-state index in [-0.39, 0.29) is 21.8 Å². The van der Waals surface area contributed by atoms with Gasteiger partial charge in [-0.2, -0.15) is 0 Å². The summed E-state index contributed by atoms with van der Waals surface area (Å²) in [5, 5.41) is 5.99. The lowest BCUT2D eigenvalue weighted by Gasteiger charge is -2.22. The number of carbonyl (C=O) groups excluding carboxylic acids is 2. The lowest BCUT2D eigenvalue weighted by molar-refractivity contribution is -0.123. The van der Waals surface area contributed by atoms with Crippen molar-refractivity contribution in [3.63, 3.8) is 0 Å². The molecule has 0 aromatic heterocycles. The predicted octanol–water partition coefficient (Wildman–Crippen LogP) is 5.36. The molecule has 0 spiro atoms. The Morgan fingerprint density at radius 2 is 1.68 bits per heavy atom. The normalized spacial score (nSPS) is 13.7. The fourth-order valence-electron chi connectivity index (χ4n) is 3.22.